The van der Waals surface area contributed by atoms with Crippen LogP contribution in [0.2, 0.25) is 0 Å². The van der Waals surface area contributed by atoms with Gasteiger partial charge in [-0.3, -0.25) is 4.79 Å². The molecule has 0 aromatic carbocycles. The number of aryl methyl sites for hydroxylation is 1. The van der Waals surface area contributed by atoms with Gasteiger partial charge in [-0.1, -0.05) is 0 Å². The number of hydrogen-bond donors (Lipinski definition) is 0. The molecule has 1 aliphatic heterocycles. The highest BCUT2D eigenvalue weighted by Gasteiger charge is 2.24. The summed E-state index contributed by atoms with van der Waals surface area (Å²) >= 11 is 0. The number of rotatable bonds is 4. The van der Waals surface area contributed by atoms with Gasteiger partial charge in [0.2, 0.25) is 0 Å². The fourth-order valence-electron chi connectivity index (χ4n) is 3.51. The van der Waals surface area contributed by atoms with E-state index in [9.17, 15) is 4.79 Å². The number of nitrogens with zero attached hydrogens (tertiary/aromatic N) is 7. The minimum Gasteiger partial charge on any atom is -0.356 e. The van der Waals surface area contributed by atoms with Gasteiger partial charge in [0.15, 0.2) is 5.65 Å². The Morgan fingerprint density at radius 2 is 2.12 bits per heavy atom. The fourth-order valence-corrected chi connectivity index (χ4v) is 3.51. The van der Waals surface area contributed by atoms with E-state index in [-0.39, 0.29) is 5.91 Å². The highest BCUT2D eigenvalue weighted by Crippen LogP contribution is 2.23. The summed E-state index contributed by atoms with van der Waals surface area (Å²) in [6.45, 7) is 2.67. The number of piperidine rings is 1. The van der Waals surface area contributed by atoms with E-state index in [1.54, 1.807) is 32.7 Å². The van der Waals surface area contributed by atoms with Crippen molar-refractivity contribution < 1.29 is 4.79 Å². The monoisotopic (exact) mass is 353 g/mol. The third-order valence-electron chi connectivity index (χ3n) is 4.98. The highest BCUT2D eigenvalue weighted by molar-refractivity contribution is 5.91. The quantitative estimate of drug-likeness (QED) is 0.710. The van der Waals surface area contributed by atoms with E-state index in [1.165, 1.54) is 0 Å². The lowest BCUT2D eigenvalue weighted by atomic mass is 9.96. The second kappa shape index (κ2) is 6.78. The van der Waals surface area contributed by atoms with Crippen molar-refractivity contribution in [2.75, 3.05) is 31.6 Å². The predicted molar refractivity (Wildman–Crippen MR) is 98.1 cm³/mol. The van der Waals surface area contributed by atoms with Crippen LogP contribution in [0.3, 0.4) is 0 Å². The molecule has 0 radical (unpaired) electrons. The third kappa shape index (κ3) is 3.26. The van der Waals surface area contributed by atoms with Gasteiger partial charge in [0, 0.05) is 52.2 Å². The van der Waals surface area contributed by atoms with Gasteiger partial charge in [0.25, 0.3) is 5.91 Å². The number of carbonyl (C=O) groups is 1. The number of aromatic nitrogens is 5. The van der Waals surface area contributed by atoms with Crippen LogP contribution in [0, 0.1) is 5.92 Å². The molecule has 1 aliphatic rings. The van der Waals surface area contributed by atoms with Crippen LogP contribution < -0.4 is 4.90 Å². The maximum absolute atomic E-state index is 12.4. The Hall–Kier alpha value is -2.90. The van der Waals surface area contributed by atoms with E-state index in [1.807, 2.05) is 32.4 Å². The smallest absolute Gasteiger partial charge is 0.273 e. The van der Waals surface area contributed by atoms with Crippen molar-refractivity contribution in [2.24, 2.45) is 13.0 Å². The number of hydrogen-bond acceptors (Lipinski definition) is 5. The molecule has 0 atom stereocenters. The second-order valence-corrected chi connectivity index (χ2v) is 6.96. The van der Waals surface area contributed by atoms with Gasteiger partial charge in [0.05, 0.1) is 12.5 Å². The first-order valence-corrected chi connectivity index (χ1v) is 8.89. The Bertz CT molecular complexity index is 907. The molecule has 136 valence electrons. The Labute approximate surface area is 152 Å². The lowest BCUT2D eigenvalue weighted by molar-refractivity contribution is 0.0759. The molecule has 0 unspecified atom stereocenters. The number of fused-ring (bicyclic) bond motifs is 1. The predicted octanol–water partition coefficient (Wildman–Crippen LogP) is 1.45. The molecule has 3 aromatic rings. The van der Waals surface area contributed by atoms with Crippen LogP contribution in [0.15, 0.2) is 37.1 Å². The van der Waals surface area contributed by atoms with Crippen LogP contribution >= 0.6 is 0 Å². The minimum absolute atomic E-state index is 0.0131. The topological polar surface area (TPSA) is 71.6 Å². The number of anilines is 1. The molecule has 3 aromatic heterocycles. The summed E-state index contributed by atoms with van der Waals surface area (Å²) in [5.74, 6) is 1.48. The molecule has 0 bridgehead atoms. The first kappa shape index (κ1) is 16.6. The van der Waals surface area contributed by atoms with Gasteiger partial charge >= 0.3 is 0 Å². The first-order valence-electron chi connectivity index (χ1n) is 8.89. The van der Waals surface area contributed by atoms with Crippen molar-refractivity contribution in [2.45, 2.75) is 12.8 Å². The summed E-state index contributed by atoms with van der Waals surface area (Å²) in [5, 5.41) is 4.18. The molecule has 0 N–H and O–H groups in total. The van der Waals surface area contributed by atoms with Crippen molar-refractivity contribution in [3.05, 3.63) is 42.7 Å². The van der Waals surface area contributed by atoms with E-state index in [4.69, 9.17) is 0 Å². The van der Waals surface area contributed by atoms with Crippen LogP contribution in [-0.4, -0.2) is 61.6 Å². The molecule has 1 saturated heterocycles. The van der Waals surface area contributed by atoms with E-state index >= 15 is 0 Å². The fraction of sp³-hybridized carbons (Fsp3) is 0.444. The van der Waals surface area contributed by atoms with Crippen LogP contribution in [-0.2, 0) is 7.05 Å². The van der Waals surface area contributed by atoms with Crippen molar-refractivity contribution in [1.82, 2.24) is 29.0 Å². The molecule has 8 heteroatoms. The van der Waals surface area contributed by atoms with Gasteiger partial charge < -0.3 is 14.4 Å². The Morgan fingerprint density at radius 3 is 2.85 bits per heavy atom. The first-order chi connectivity index (χ1) is 12.6. The SMILES string of the molecule is CN(CC1CCN(c2ccn3nccc3n2)CC1)C(=O)c1cn(C)cn1. The van der Waals surface area contributed by atoms with Crippen LogP contribution in [0.4, 0.5) is 5.82 Å². The number of carbonyl (C=O) groups excluding carboxylic acids is 1. The van der Waals surface area contributed by atoms with Crippen molar-refractivity contribution >= 4 is 17.4 Å². The normalized spacial score (nSPS) is 15.5. The zero-order valence-electron chi connectivity index (χ0n) is 15.1. The highest BCUT2D eigenvalue weighted by atomic mass is 16.2. The summed E-state index contributed by atoms with van der Waals surface area (Å²) < 4.78 is 3.57. The minimum atomic E-state index is -0.0131. The average molecular weight is 353 g/mol. The number of amides is 1. The average Bonchev–Trinajstić information content (AvgIpc) is 3.29. The molecule has 0 spiro atoms. The van der Waals surface area contributed by atoms with Crippen molar-refractivity contribution in [3.63, 3.8) is 0 Å². The molecule has 0 saturated carbocycles. The summed E-state index contributed by atoms with van der Waals surface area (Å²) in [6.07, 6.45) is 9.22. The van der Waals surface area contributed by atoms with E-state index in [0.717, 1.165) is 43.9 Å². The zero-order chi connectivity index (χ0) is 18.1. The summed E-state index contributed by atoms with van der Waals surface area (Å²) in [4.78, 5) is 25.4. The lowest BCUT2D eigenvalue weighted by Gasteiger charge is -2.34. The third-order valence-corrected chi connectivity index (χ3v) is 4.98. The largest absolute Gasteiger partial charge is 0.356 e. The summed E-state index contributed by atoms with van der Waals surface area (Å²) in [5.41, 5.74) is 1.37. The van der Waals surface area contributed by atoms with E-state index in [2.05, 4.69) is 20.0 Å². The molecule has 8 nitrogen and oxygen atoms in total. The van der Waals surface area contributed by atoms with Gasteiger partial charge in [-0.15, -0.1) is 0 Å². The van der Waals surface area contributed by atoms with Crippen LogP contribution in [0.1, 0.15) is 23.3 Å². The second-order valence-electron chi connectivity index (χ2n) is 6.96. The van der Waals surface area contributed by atoms with Crippen LogP contribution in [0.25, 0.3) is 5.65 Å². The van der Waals surface area contributed by atoms with Crippen LogP contribution in [0.5, 0.6) is 0 Å². The van der Waals surface area contributed by atoms with Gasteiger partial charge in [0.1, 0.15) is 11.5 Å². The standard InChI is InChI=1S/C18H23N7O/c1-22-12-15(19-13-22)18(26)23(2)11-14-4-8-24(9-5-14)16-6-10-25-17(21-16)3-7-20-25/h3,6-7,10,12-14H,4-5,8-9,11H2,1-2H3. The van der Waals surface area contributed by atoms with Gasteiger partial charge in [-0.2, -0.15) is 5.10 Å². The molecule has 26 heavy (non-hydrogen) atoms. The molecule has 1 amide bonds. The lowest BCUT2D eigenvalue weighted by Crippen LogP contribution is -2.39. The maximum Gasteiger partial charge on any atom is 0.273 e. The maximum atomic E-state index is 12.4. The number of imidazole rings is 1. The Morgan fingerprint density at radius 1 is 1.31 bits per heavy atom. The van der Waals surface area contributed by atoms with Crippen molar-refractivity contribution in [1.29, 1.82) is 0 Å². The summed E-state index contributed by atoms with van der Waals surface area (Å²) in [7, 11) is 3.73. The van der Waals surface area contributed by atoms with Gasteiger partial charge in [-0.05, 0) is 24.8 Å². The molecule has 1 fully saturated rings. The Balaban J connectivity index is 1.33. The van der Waals surface area contributed by atoms with Gasteiger partial charge in [-0.25, -0.2) is 14.5 Å². The Kier molecular flexibility index (Phi) is 4.32. The summed E-state index contributed by atoms with van der Waals surface area (Å²) in [6, 6.07) is 3.92. The zero-order valence-corrected chi connectivity index (χ0v) is 15.1. The van der Waals surface area contributed by atoms with E-state index in [0.29, 0.717) is 11.6 Å². The van der Waals surface area contributed by atoms with E-state index < -0.39 is 0 Å². The molecule has 0 aliphatic carbocycles. The molecule has 4 heterocycles. The molecular weight excluding hydrogens is 330 g/mol. The molecule has 4 rings (SSSR count). The molecular formula is C18H23N7O. The van der Waals surface area contributed by atoms with Crippen molar-refractivity contribution in [3.8, 4) is 0 Å².